The van der Waals surface area contributed by atoms with Gasteiger partial charge in [-0.05, 0) is 56.9 Å². The summed E-state index contributed by atoms with van der Waals surface area (Å²) in [6.45, 7) is 4.16. The van der Waals surface area contributed by atoms with E-state index in [9.17, 15) is 9.90 Å². The van der Waals surface area contributed by atoms with E-state index in [0.717, 1.165) is 51.6 Å². The summed E-state index contributed by atoms with van der Waals surface area (Å²) in [6, 6.07) is 0. The summed E-state index contributed by atoms with van der Waals surface area (Å²) in [5.41, 5.74) is 0. The van der Waals surface area contributed by atoms with Crippen LogP contribution in [0.5, 0.6) is 0 Å². The Morgan fingerprint density at radius 2 is 1.86 bits per heavy atom. The first-order valence-corrected chi connectivity index (χ1v) is 14.3. The highest BCUT2D eigenvalue weighted by Crippen LogP contribution is 2.40. The largest absolute Gasteiger partial charge is 0.481 e. The zero-order chi connectivity index (χ0) is 25.6. The van der Waals surface area contributed by atoms with Crippen LogP contribution in [0.4, 0.5) is 0 Å². The molecule has 2 aliphatic heterocycles. The third-order valence-corrected chi connectivity index (χ3v) is 7.67. The van der Waals surface area contributed by atoms with Crippen LogP contribution in [-0.2, 0) is 23.7 Å². The minimum absolute atomic E-state index is 0.0218. The maximum atomic E-state index is 11.0. The lowest BCUT2D eigenvalue weighted by Crippen LogP contribution is -2.32. The quantitative estimate of drug-likeness (QED) is 0.202. The normalized spacial score (nSPS) is 30.6. The highest BCUT2D eigenvalue weighted by atomic mass is 16.7. The molecule has 0 amide bonds. The van der Waals surface area contributed by atoms with Gasteiger partial charge in [0.1, 0.15) is 0 Å². The van der Waals surface area contributed by atoms with Crippen molar-refractivity contribution in [2.75, 3.05) is 19.8 Å². The van der Waals surface area contributed by atoms with E-state index in [4.69, 9.17) is 24.1 Å². The van der Waals surface area contributed by atoms with Crippen molar-refractivity contribution in [1.82, 2.24) is 0 Å². The van der Waals surface area contributed by atoms with Gasteiger partial charge < -0.3 is 29.2 Å². The van der Waals surface area contributed by atoms with Gasteiger partial charge in [0.15, 0.2) is 12.1 Å². The zero-order valence-corrected chi connectivity index (χ0v) is 22.2. The highest BCUT2D eigenvalue weighted by Gasteiger charge is 2.43. The molecule has 1 unspecified atom stereocenters. The Balaban J connectivity index is 1.65. The Morgan fingerprint density at radius 3 is 2.58 bits per heavy atom. The van der Waals surface area contributed by atoms with Gasteiger partial charge in [0.2, 0.25) is 0 Å². The number of allylic oxidation sites excluding steroid dienone is 2. The molecule has 5 atom stereocenters. The minimum atomic E-state index is -0.764. The number of aliphatic hydroxyl groups excluding tert-OH is 1. The number of carbonyl (C=O) groups is 1. The Kier molecular flexibility index (Phi) is 12.9. The monoisotopic (exact) mass is 508 g/mol. The molecule has 7 heteroatoms. The van der Waals surface area contributed by atoms with Crippen LogP contribution in [0.2, 0.25) is 0 Å². The van der Waals surface area contributed by atoms with E-state index in [-0.39, 0.29) is 30.7 Å². The second-order valence-electron chi connectivity index (χ2n) is 10.5. The molecule has 2 N–H and O–H groups in total. The standard InChI is InChI=1S/C29H48O7/c1-2-3-4-7-11-17-29(34-20-21-35-29)18-16-24-23(13-8-5-6-9-14-27(31)32)25(30)22-26(24)36-28-15-10-12-19-33-28/h5,8,16,18,23-26,28,30H,2-4,6-7,9-15,17,19-22H2,1H3,(H,31,32)/b8-5-,18-16+/t23-,24-,25+,26+,28?/m1/s1. The van der Waals surface area contributed by atoms with Crippen LogP contribution < -0.4 is 0 Å². The number of hydrogen-bond acceptors (Lipinski definition) is 6. The molecule has 2 saturated heterocycles. The van der Waals surface area contributed by atoms with Gasteiger partial charge in [-0.15, -0.1) is 0 Å². The number of aliphatic hydroxyl groups is 1. The molecule has 1 aliphatic carbocycles. The topological polar surface area (TPSA) is 94.5 Å². The van der Waals surface area contributed by atoms with Crippen molar-refractivity contribution in [3.05, 3.63) is 24.3 Å². The van der Waals surface area contributed by atoms with E-state index in [0.29, 0.717) is 26.1 Å². The number of hydrogen-bond donors (Lipinski definition) is 2. The summed E-state index contributed by atoms with van der Waals surface area (Å²) < 4.78 is 24.5. The molecule has 0 aromatic heterocycles. The van der Waals surface area contributed by atoms with Crippen molar-refractivity contribution >= 4 is 5.97 Å². The molecule has 2 heterocycles. The van der Waals surface area contributed by atoms with Crippen LogP contribution in [0.15, 0.2) is 24.3 Å². The van der Waals surface area contributed by atoms with Crippen LogP contribution >= 0.6 is 0 Å². The smallest absolute Gasteiger partial charge is 0.303 e. The Labute approximate surface area is 217 Å². The molecule has 3 fully saturated rings. The summed E-state index contributed by atoms with van der Waals surface area (Å²) in [6.07, 6.45) is 20.3. The Morgan fingerprint density at radius 1 is 1.06 bits per heavy atom. The molecule has 206 valence electrons. The first-order chi connectivity index (χ1) is 17.5. The van der Waals surface area contributed by atoms with E-state index >= 15 is 0 Å². The van der Waals surface area contributed by atoms with Gasteiger partial charge in [-0.1, -0.05) is 50.8 Å². The third-order valence-electron chi connectivity index (χ3n) is 7.67. The lowest BCUT2D eigenvalue weighted by molar-refractivity contribution is -0.193. The second-order valence-corrected chi connectivity index (χ2v) is 10.5. The van der Waals surface area contributed by atoms with Gasteiger partial charge in [-0.2, -0.15) is 0 Å². The maximum Gasteiger partial charge on any atom is 0.303 e. The molecular formula is C29H48O7. The van der Waals surface area contributed by atoms with E-state index in [1.165, 1.54) is 25.7 Å². The predicted molar refractivity (Wildman–Crippen MR) is 138 cm³/mol. The lowest BCUT2D eigenvalue weighted by atomic mass is 9.89. The van der Waals surface area contributed by atoms with Crippen LogP contribution in [0.1, 0.15) is 96.8 Å². The molecule has 7 nitrogen and oxygen atoms in total. The van der Waals surface area contributed by atoms with Gasteiger partial charge >= 0.3 is 5.97 Å². The van der Waals surface area contributed by atoms with Gasteiger partial charge in [-0.3, -0.25) is 4.79 Å². The van der Waals surface area contributed by atoms with E-state index in [2.05, 4.69) is 25.2 Å². The number of carboxylic acid groups (broad SMARTS) is 1. The first-order valence-electron chi connectivity index (χ1n) is 14.3. The summed E-state index contributed by atoms with van der Waals surface area (Å²) in [5, 5.41) is 19.8. The number of ether oxygens (including phenoxy) is 4. The first kappa shape index (κ1) is 29.3. The molecule has 0 aromatic rings. The molecule has 36 heavy (non-hydrogen) atoms. The molecule has 1 saturated carbocycles. The molecule has 0 bridgehead atoms. The maximum absolute atomic E-state index is 11.0. The van der Waals surface area contributed by atoms with Crippen molar-refractivity contribution < 1.29 is 34.0 Å². The van der Waals surface area contributed by atoms with Crippen LogP contribution in [0.25, 0.3) is 0 Å². The average Bonchev–Trinajstić information content (AvgIpc) is 3.45. The van der Waals surface area contributed by atoms with Crippen molar-refractivity contribution in [3.8, 4) is 0 Å². The second kappa shape index (κ2) is 15.9. The van der Waals surface area contributed by atoms with Crippen LogP contribution in [0.3, 0.4) is 0 Å². The average molecular weight is 509 g/mol. The van der Waals surface area contributed by atoms with Crippen LogP contribution in [-0.4, -0.2) is 60.3 Å². The van der Waals surface area contributed by atoms with Gasteiger partial charge in [-0.25, -0.2) is 0 Å². The third kappa shape index (κ3) is 9.56. The number of unbranched alkanes of at least 4 members (excludes halogenated alkanes) is 5. The molecular weight excluding hydrogens is 460 g/mol. The van der Waals surface area contributed by atoms with E-state index < -0.39 is 17.9 Å². The zero-order valence-electron chi connectivity index (χ0n) is 22.2. The summed E-state index contributed by atoms with van der Waals surface area (Å²) in [5.74, 6) is -1.39. The SMILES string of the molecule is CCCCCCCC1(/C=C/[C@@H]2[C@@H](C/C=C\CCCC(=O)O)[C@@H](O)C[C@@H]2OC2CCCCO2)OCCO1. The fourth-order valence-electron chi connectivity index (χ4n) is 5.61. The molecule has 0 aromatic carbocycles. The highest BCUT2D eigenvalue weighted by molar-refractivity contribution is 5.66. The molecule has 0 radical (unpaired) electrons. The summed E-state index contributed by atoms with van der Waals surface area (Å²) >= 11 is 0. The fourth-order valence-corrected chi connectivity index (χ4v) is 5.61. The van der Waals surface area contributed by atoms with Gasteiger partial charge in [0.25, 0.3) is 0 Å². The molecule has 3 aliphatic rings. The lowest BCUT2D eigenvalue weighted by Gasteiger charge is -2.30. The number of rotatable bonds is 16. The molecule has 0 spiro atoms. The van der Waals surface area contributed by atoms with Crippen molar-refractivity contribution in [2.45, 2.75) is 121 Å². The van der Waals surface area contributed by atoms with E-state index in [1.54, 1.807) is 0 Å². The Bertz CT molecular complexity index is 679. The minimum Gasteiger partial charge on any atom is -0.481 e. The van der Waals surface area contributed by atoms with Gasteiger partial charge in [0, 0.05) is 31.8 Å². The Hall–Kier alpha value is -1.25. The number of carboxylic acids is 1. The van der Waals surface area contributed by atoms with Crippen molar-refractivity contribution in [3.63, 3.8) is 0 Å². The predicted octanol–water partition coefficient (Wildman–Crippen LogP) is 5.76. The summed E-state index contributed by atoms with van der Waals surface area (Å²) in [4.78, 5) is 10.7. The fraction of sp³-hybridized carbons (Fsp3) is 0.828. The summed E-state index contributed by atoms with van der Waals surface area (Å²) in [7, 11) is 0. The number of aliphatic carboxylic acids is 1. The molecule has 3 rings (SSSR count). The van der Waals surface area contributed by atoms with Crippen molar-refractivity contribution in [2.24, 2.45) is 11.8 Å². The van der Waals surface area contributed by atoms with E-state index in [1.807, 2.05) is 6.08 Å². The van der Waals surface area contributed by atoms with Gasteiger partial charge in [0.05, 0.1) is 25.4 Å². The van der Waals surface area contributed by atoms with Crippen molar-refractivity contribution in [1.29, 1.82) is 0 Å². The van der Waals surface area contributed by atoms with Crippen LogP contribution in [0, 0.1) is 11.8 Å².